The molecular weight excluding hydrogens is 300 g/mol. The van der Waals surface area contributed by atoms with Crippen LogP contribution in [0.4, 0.5) is 10.5 Å². The fraction of sp³-hybridized carbons (Fsp3) is 0.333. The molecule has 0 unspecified atom stereocenters. The summed E-state index contributed by atoms with van der Waals surface area (Å²) in [5, 5.41) is 13.7. The first kappa shape index (κ1) is 14.5. The van der Waals surface area contributed by atoms with Crippen LogP contribution in [0.25, 0.3) is 0 Å². The Hall–Kier alpha value is -1.56. The minimum Gasteiger partial charge on any atom is -0.480 e. The van der Waals surface area contributed by atoms with Gasteiger partial charge >= 0.3 is 12.0 Å². The highest BCUT2D eigenvalue weighted by Gasteiger charge is 2.15. The predicted molar refractivity (Wildman–Crippen MR) is 72.9 cm³/mol. The quantitative estimate of drug-likeness (QED) is 0.802. The molecule has 0 aliphatic rings. The van der Waals surface area contributed by atoms with Gasteiger partial charge in [0.25, 0.3) is 0 Å². The van der Waals surface area contributed by atoms with E-state index in [0.29, 0.717) is 5.69 Å². The molecule has 0 heterocycles. The van der Waals surface area contributed by atoms with E-state index in [9.17, 15) is 9.59 Å². The van der Waals surface area contributed by atoms with Crippen LogP contribution >= 0.6 is 15.9 Å². The molecule has 0 saturated heterocycles. The lowest BCUT2D eigenvalue weighted by Crippen LogP contribution is -2.41. The van der Waals surface area contributed by atoms with Gasteiger partial charge in [0, 0.05) is 10.2 Å². The van der Waals surface area contributed by atoms with Gasteiger partial charge in [-0.15, -0.1) is 0 Å². The third-order valence-electron chi connectivity index (χ3n) is 2.45. The monoisotopic (exact) mass is 314 g/mol. The normalized spacial score (nSPS) is 11.8. The van der Waals surface area contributed by atoms with E-state index < -0.39 is 18.0 Å². The van der Waals surface area contributed by atoms with Gasteiger partial charge in [-0.25, -0.2) is 4.79 Å². The number of aliphatic carboxylic acids is 1. The summed E-state index contributed by atoms with van der Waals surface area (Å²) < 4.78 is 0.933. The van der Waals surface area contributed by atoms with Crippen LogP contribution in [0.1, 0.15) is 18.1 Å². The Morgan fingerprint density at radius 2 is 1.78 bits per heavy atom. The Labute approximate surface area is 114 Å². The molecule has 5 nitrogen and oxygen atoms in total. The number of amides is 2. The molecule has 0 fully saturated rings. The van der Waals surface area contributed by atoms with E-state index in [4.69, 9.17) is 5.11 Å². The third kappa shape index (κ3) is 3.73. The number of carboxylic acids is 1. The molecule has 0 bridgehead atoms. The summed E-state index contributed by atoms with van der Waals surface area (Å²) in [6.45, 7) is 5.14. The molecule has 98 valence electrons. The Balaban J connectivity index is 2.80. The second-order valence-corrected chi connectivity index (χ2v) is 4.99. The SMILES string of the molecule is Cc1cc(Br)cc(C)c1NC(=O)N[C@@H](C)C(=O)O. The Morgan fingerprint density at radius 1 is 1.28 bits per heavy atom. The van der Waals surface area contributed by atoms with E-state index in [1.165, 1.54) is 6.92 Å². The van der Waals surface area contributed by atoms with Gasteiger partial charge in [-0.3, -0.25) is 4.79 Å². The van der Waals surface area contributed by atoms with E-state index >= 15 is 0 Å². The number of aryl methyl sites for hydroxylation is 2. The molecule has 0 aliphatic carbocycles. The smallest absolute Gasteiger partial charge is 0.325 e. The second-order valence-electron chi connectivity index (χ2n) is 4.07. The topological polar surface area (TPSA) is 78.4 Å². The summed E-state index contributed by atoms with van der Waals surface area (Å²) in [5.41, 5.74) is 2.49. The summed E-state index contributed by atoms with van der Waals surface area (Å²) in [6, 6.07) is 2.30. The van der Waals surface area contributed by atoms with E-state index in [-0.39, 0.29) is 0 Å². The Morgan fingerprint density at radius 3 is 2.22 bits per heavy atom. The molecule has 0 saturated carbocycles. The molecule has 0 radical (unpaired) electrons. The van der Waals surface area contributed by atoms with Gasteiger partial charge in [-0.2, -0.15) is 0 Å². The summed E-state index contributed by atoms with van der Waals surface area (Å²) in [6.07, 6.45) is 0. The number of carbonyl (C=O) groups excluding carboxylic acids is 1. The van der Waals surface area contributed by atoms with Gasteiger partial charge in [-0.1, -0.05) is 15.9 Å². The highest BCUT2D eigenvalue weighted by molar-refractivity contribution is 9.10. The third-order valence-corrected chi connectivity index (χ3v) is 2.91. The summed E-state index contributed by atoms with van der Waals surface area (Å²) >= 11 is 3.37. The number of carbonyl (C=O) groups is 2. The van der Waals surface area contributed by atoms with Gasteiger partial charge in [0.2, 0.25) is 0 Å². The van der Waals surface area contributed by atoms with Crippen molar-refractivity contribution in [2.75, 3.05) is 5.32 Å². The van der Waals surface area contributed by atoms with Crippen molar-refractivity contribution in [2.45, 2.75) is 26.8 Å². The van der Waals surface area contributed by atoms with E-state index in [2.05, 4.69) is 26.6 Å². The number of carboxylic acid groups (broad SMARTS) is 1. The Bertz CT molecular complexity index is 465. The number of anilines is 1. The molecule has 0 aromatic heterocycles. The molecule has 18 heavy (non-hydrogen) atoms. The average molecular weight is 315 g/mol. The zero-order valence-electron chi connectivity index (χ0n) is 10.4. The van der Waals surface area contributed by atoms with E-state index in [1.54, 1.807) is 0 Å². The minimum absolute atomic E-state index is 0.529. The number of hydrogen-bond acceptors (Lipinski definition) is 2. The van der Waals surface area contributed by atoms with E-state index in [0.717, 1.165) is 15.6 Å². The molecule has 1 atom stereocenters. The fourth-order valence-corrected chi connectivity index (χ4v) is 2.20. The summed E-state index contributed by atoms with van der Waals surface area (Å²) in [4.78, 5) is 22.2. The number of hydrogen-bond donors (Lipinski definition) is 3. The van der Waals surface area contributed by atoms with Crippen LogP contribution in [0.3, 0.4) is 0 Å². The van der Waals surface area contributed by atoms with Crippen LogP contribution in [-0.4, -0.2) is 23.1 Å². The van der Waals surface area contributed by atoms with Crippen molar-refractivity contribution in [3.05, 3.63) is 27.7 Å². The van der Waals surface area contributed by atoms with Crippen LogP contribution < -0.4 is 10.6 Å². The fourth-order valence-electron chi connectivity index (χ4n) is 1.52. The highest BCUT2D eigenvalue weighted by Crippen LogP contribution is 2.24. The van der Waals surface area contributed by atoms with Crippen molar-refractivity contribution < 1.29 is 14.7 Å². The molecular formula is C12H15BrN2O3. The van der Waals surface area contributed by atoms with Gasteiger partial charge in [-0.05, 0) is 44.0 Å². The van der Waals surface area contributed by atoms with Crippen molar-refractivity contribution >= 4 is 33.6 Å². The molecule has 1 aromatic carbocycles. The van der Waals surface area contributed by atoms with Gasteiger partial charge in [0.15, 0.2) is 0 Å². The summed E-state index contributed by atoms with van der Waals surface area (Å²) in [7, 11) is 0. The zero-order valence-corrected chi connectivity index (χ0v) is 12.0. The van der Waals surface area contributed by atoms with Crippen LogP contribution in [0.15, 0.2) is 16.6 Å². The lowest BCUT2D eigenvalue weighted by atomic mass is 10.1. The van der Waals surface area contributed by atoms with Crippen molar-refractivity contribution in [1.29, 1.82) is 0 Å². The molecule has 2 amide bonds. The molecule has 1 rings (SSSR count). The highest BCUT2D eigenvalue weighted by atomic mass is 79.9. The van der Waals surface area contributed by atoms with Crippen molar-refractivity contribution in [3.8, 4) is 0 Å². The molecule has 0 spiro atoms. The maximum absolute atomic E-state index is 11.6. The average Bonchev–Trinajstić information content (AvgIpc) is 2.23. The number of urea groups is 1. The molecule has 0 aliphatic heterocycles. The van der Waals surface area contributed by atoms with Gasteiger partial charge in [0.05, 0.1) is 0 Å². The maximum atomic E-state index is 11.6. The first-order chi connectivity index (χ1) is 8.31. The molecule has 6 heteroatoms. The lowest BCUT2D eigenvalue weighted by molar-refractivity contribution is -0.138. The second kappa shape index (κ2) is 5.86. The standard InChI is InChI=1S/C12H15BrN2O3/c1-6-4-9(13)5-7(2)10(6)15-12(18)14-8(3)11(16)17/h4-5,8H,1-3H3,(H,16,17)(H2,14,15,18)/t8-/m0/s1. The predicted octanol–water partition coefficient (Wildman–Crippen LogP) is 2.66. The number of rotatable bonds is 3. The number of halogens is 1. The number of benzene rings is 1. The lowest BCUT2D eigenvalue weighted by Gasteiger charge is -2.14. The van der Waals surface area contributed by atoms with Crippen molar-refractivity contribution in [1.82, 2.24) is 5.32 Å². The first-order valence-corrected chi connectivity index (χ1v) is 6.17. The van der Waals surface area contributed by atoms with E-state index in [1.807, 2.05) is 26.0 Å². The minimum atomic E-state index is -1.07. The molecule has 3 N–H and O–H groups in total. The van der Waals surface area contributed by atoms with Crippen molar-refractivity contribution in [3.63, 3.8) is 0 Å². The van der Waals surface area contributed by atoms with Gasteiger partial charge < -0.3 is 15.7 Å². The summed E-state index contributed by atoms with van der Waals surface area (Å²) in [5.74, 6) is -1.07. The zero-order chi connectivity index (χ0) is 13.9. The van der Waals surface area contributed by atoms with Crippen LogP contribution in [0, 0.1) is 13.8 Å². The Kier molecular flexibility index (Phi) is 4.72. The van der Waals surface area contributed by atoms with Crippen LogP contribution in [0.2, 0.25) is 0 Å². The van der Waals surface area contributed by atoms with Crippen LogP contribution in [0.5, 0.6) is 0 Å². The largest absolute Gasteiger partial charge is 0.480 e. The van der Waals surface area contributed by atoms with Gasteiger partial charge in [0.1, 0.15) is 6.04 Å². The van der Waals surface area contributed by atoms with Crippen LogP contribution in [-0.2, 0) is 4.79 Å². The number of nitrogens with one attached hydrogen (secondary N) is 2. The molecule has 1 aromatic rings. The van der Waals surface area contributed by atoms with Crippen molar-refractivity contribution in [2.24, 2.45) is 0 Å². The maximum Gasteiger partial charge on any atom is 0.325 e. The first-order valence-electron chi connectivity index (χ1n) is 5.38.